The van der Waals surface area contributed by atoms with Crippen molar-refractivity contribution in [2.75, 3.05) is 11.6 Å². The fraction of sp³-hybridized carbons (Fsp3) is 0.357. The topological polar surface area (TPSA) is 59.1 Å². The van der Waals surface area contributed by atoms with E-state index in [-0.39, 0.29) is 6.04 Å². The highest BCUT2D eigenvalue weighted by atomic mass is 32.2. The number of sulfone groups is 1. The first kappa shape index (κ1) is 15.0. The second kappa shape index (κ2) is 5.54. The average molecular weight is 310 g/mol. The number of nitrogens with zero attached hydrogens (tertiary/aromatic N) is 1. The van der Waals surface area contributed by atoms with Gasteiger partial charge in [-0.3, -0.25) is 0 Å². The highest BCUT2D eigenvalue weighted by molar-refractivity contribution is 7.90. The fourth-order valence-corrected chi connectivity index (χ4v) is 3.66. The maximum atomic E-state index is 11.6. The minimum atomic E-state index is -3.18. The number of benzene rings is 1. The molecule has 0 saturated carbocycles. The standard InChI is InChI=1S/C14H18N2O2S2/c1-9(14-10(2)19-11(3)16-14)15-12-6-5-7-13(8-12)20(4,17)18/h5-9,15H,1-4H3. The van der Waals surface area contributed by atoms with Crippen molar-refractivity contribution in [3.05, 3.63) is 39.8 Å². The van der Waals surface area contributed by atoms with Gasteiger partial charge in [0.25, 0.3) is 0 Å². The molecule has 1 heterocycles. The summed E-state index contributed by atoms with van der Waals surface area (Å²) in [5, 5.41) is 4.34. The summed E-state index contributed by atoms with van der Waals surface area (Å²) in [7, 11) is -3.18. The van der Waals surface area contributed by atoms with E-state index in [1.165, 1.54) is 11.1 Å². The zero-order chi connectivity index (χ0) is 14.9. The number of nitrogens with one attached hydrogen (secondary N) is 1. The van der Waals surface area contributed by atoms with E-state index in [4.69, 9.17) is 0 Å². The number of hydrogen-bond donors (Lipinski definition) is 1. The van der Waals surface area contributed by atoms with E-state index in [1.54, 1.807) is 29.5 Å². The molecule has 2 rings (SSSR count). The molecule has 0 aliphatic carbocycles. The summed E-state index contributed by atoms with van der Waals surface area (Å²) >= 11 is 1.67. The van der Waals surface area contributed by atoms with Crippen molar-refractivity contribution < 1.29 is 8.42 Å². The smallest absolute Gasteiger partial charge is 0.175 e. The highest BCUT2D eigenvalue weighted by Crippen LogP contribution is 2.26. The second-order valence-electron chi connectivity index (χ2n) is 4.84. The van der Waals surface area contributed by atoms with Gasteiger partial charge >= 0.3 is 0 Å². The molecule has 1 atom stereocenters. The van der Waals surface area contributed by atoms with Crippen LogP contribution in [0.1, 0.15) is 28.5 Å². The molecule has 1 aromatic carbocycles. The van der Waals surface area contributed by atoms with Crippen LogP contribution in [0.2, 0.25) is 0 Å². The summed E-state index contributed by atoms with van der Waals surface area (Å²) in [5.74, 6) is 0. The Morgan fingerprint density at radius 1 is 1.30 bits per heavy atom. The third-order valence-electron chi connectivity index (χ3n) is 2.99. The van der Waals surface area contributed by atoms with Gasteiger partial charge in [0.1, 0.15) is 0 Å². The second-order valence-corrected chi connectivity index (χ2v) is 8.26. The lowest BCUT2D eigenvalue weighted by atomic mass is 10.2. The summed E-state index contributed by atoms with van der Waals surface area (Å²) in [5.41, 5.74) is 1.79. The largest absolute Gasteiger partial charge is 0.377 e. The van der Waals surface area contributed by atoms with E-state index < -0.39 is 9.84 Å². The van der Waals surface area contributed by atoms with E-state index in [0.29, 0.717) is 4.90 Å². The van der Waals surface area contributed by atoms with Crippen LogP contribution in [0, 0.1) is 13.8 Å². The van der Waals surface area contributed by atoms with Crippen molar-refractivity contribution in [2.24, 2.45) is 0 Å². The van der Waals surface area contributed by atoms with Crippen LogP contribution >= 0.6 is 11.3 Å². The van der Waals surface area contributed by atoms with Crippen molar-refractivity contribution in [3.8, 4) is 0 Å². The Balaban J connectivity index is 2.24. The third-order valence-corrected chi connectivity index (χ3v) is 5.01. The molecule has 6 heteroatoms. The fourth-order valence-electron chi connectivity index (χ4n) is 2.08. The van der Waals surface area contributed by atoms with Crippen molar-refractivity contribution in [1.29, 1.82) is 0 Å². The summed E-state index contributed by atoms with van der Waals surface area (Å²) in [4.78, 5) is 6.02. The van der Waals surface area contributed by atoms with Gasteiger partial charge in [0.05, 0.1) is 21.6 Å². The van der Waals surface area contributed by atoms with Gasteiger partial charge in [-0.1, -0.05) is 6.07 Å². The minimum Gasteiger partial charge on any atom is -0.377 e. The molecule has 20 heavy (non-hydrogen) atoms. The van der Waals surface area contributed by atoms with Crippen molar-refractivity contribution in [1.82, 2.24) is 4.98 Å². The summed E-state index contributed by atoms with van der Waals surface area (Å²) in [6.45, 7) is 6.05. The van der Waals surface area contributed by atoms with Crippen LogP contribution in [0.15, 0.2) is 29.2 Å². The molecule has 0 amide bonds. The van der Waals surface area contributed by atoms with Gasteiger partial charge in [-0.25, -0.2) is 13.4 Å². The lowest BCUT2D eigenvalue weighted by molar-refractivity contribution is 0.602. The number of aryl methyl sites for hydroxylation is 2. The Morgan fingerprint density at radius 3 is 2.55 bits per heavy atom. The lowest BCUT2D eigenvalue weighted by Gasteiger charge is -2.14. The number of aromatic nitrogens is 1. The van der Waals surface area contributed by atoms with Crippen LogP contribution in [0.4, 0.5) is 5.69 Å². The van der Waals surface area contributed by atoms with Gasteiger partial charge in [-0.05, 0) is 39.0 Å². The van der Waals surface area contributed by atoms with Gasteiger partial charge in [0.15, 0.2) is 9.84 Å². The molecule has 0 aliphatic rings. The Labute approximate surface area is 123 Å². The molecule has 0 spiro atoms. The molecule has 0 aliphatic heterocycles. The molecule has 0 bridgehead atoms. The van der Waals surface area contributed by atoms with Crippen molar-refractivity contribution in [2.45, 2.75) is 31.7 Å². The quantitative estimate of drug-likeness (QED) is 0.941. The van der Waals surface area contributed by atoms with E-state index in [2.05, 4.69) is 10.3 Å². The zero-order valence-corrected chi connectivity index (χ0v) is 13.6. The van der Waals surface area contributed by atoms with Gasteiger partial charge in [-0.2, -0.15) is 0 Å². The monoisotopic (exact) mass is 310 g/mol. The summed E-state index contributed by atoms with van der Waals surface area (Å²) in [6.07, 6.45) is 1.21. The number of rotatable bonds is 4. The predicted molar refractivity (Wildman–Crippen MR) is 83.2 cm³/mol. The van der Waals surface area contributed by atoms with Crippen LogP contribution in [0.25, 0.3) is 0 Å². The van der Waals surface area contributed by atoms with E-state index in [9.17, 15) is 8.42 Å². The van der Waals surface area contributed by atoms with Gasteiger partial charge < -0.3 is 5.32 Å². The summed E-state index contributed by atoms with van der Waals surface area (Å²) in [6, 6.07) is 6.89. The van der Waals surface area contributed by atoms with Crippen LogP contribution in [0.3, 0.4) is 0 Å². The minimum absolute atomic E-state index is 0.0368. The maximum absolute atomic E-state index is 11.6. The molecule has 2 aromatic rings. The third kappa shape index (κ3) is 3.37. The molecule has 1 unspecified atom stereocenters. The molecule has 0 saturated heterocycles. The molecule has 1 aromatic heterocycles. The van der Waals surface area contributed by atoms with Crippen molar-refractivity contribution in [3.63, 3.8) is 0 Å². The maximum Gasteiger partial charge on any atom is 0.175 e. The molecule has 0 fully saturated rings. The number of anilines is 1. The molecular weight excluding hydrogens is 292 g/mol. The van der Waals surface area contributed by atoms with Gasteiger partial charge in [0.2, 0.25) is 0 Å². The van der Waals surface area contributed by atoms with E-state index in [1.807, 2.05) is 26.8 Å². The van der Waals surface area contributed by atoms with Crippen LogP contribution in [-0.4, -0.2) is 19.7 Å². The SMILES string of the molecule is Cc1nc(C(C)Nc2cccc(S(C)(=O)=O)c2)c(C)s1. The molecule has 1 N–H and O–H groups in total. The van der Waals surface area contributed by atoms with Crippen LogP contribution < -0.4 is 5.32 Å². The van der Waals surface area contributed by atoms with E-state index >= 15 is 0 Å². The first-order valence-electron chi connectivity index (χ1n) is 6.28. The Morgan fingerprint density at radius 2 is 2.00 bits per heavy atom. The lowest BCUT2D eigenvalue weighted by Crippen LogP contribution is -2.09. The van der Waals surface area contributed by atoms with Gasteiger partial charge in [0, 0.05) is 16.8 Å². The highest BCUT2D eigenvalue weighted by Gasteiger charge is 2.14. The first-order valence-corrected chi connectivity index (χ1v) is 8.99. The Hall–Kier alpha value is -1.40. The van der Waals surface area contributed by atoms with Crippen molar-refractivity contribution >= 4 is 26.9 Å². The molecule has 0 radical (unpaired) electrons. The molecular formula is C14H18N2O2S2. The normalized spacial score (nSPS) is 13.2. The molecule has 108 valence electrons. The average Bonchev–Trinajstić information content (AvgIpc) is 2.68. The molecule has 4 nitrogen and oxygen atoms in total. The number of hydrogen-bond acceptors (Lipinski definition) is 5. The zero-order valence-electron chi connectivity index (χ0n) is 12.0. The van der Waals surface area contributed by atoms with Gasteiger partial charge in [-0.15, -0.1) is 11.3 Å². The summed E-state index contributed by atoms with van der Waals surface area (Å²) < 4.78 is 23.1. The Bertz CT molecular complexity index is 721. The number of thiazole rings is 1. The predicted octanol–water partition coefficient (Wildman–Crippen LogP) is 3.34. The van der Waals surface area contributed by atoms with E-state index in [0.717, 1.165) is 16.4 Å². The van der Waals surface area contributed by atoms with Crippen LogP contribution in [0.5, 0.6) is 0 Å². The Kier molecular flexibility index (Phi) is 4.15. The van der Waals surface area contributed by atoms with Crippen LogP contribution in [-0.2, 0) is 9.84 Å². The first-order chi connectivity index (χ1) is 9.27.